The number of carbonyl (C=O) groups excluding carboxylic acids is 1. The van der Waals surface area contributed by atoms with Gasteiger partial charge in [-0.05, 0) is 25.1 Å². The van der Waals surface area contributed by atoms with E-state index in [1.54, 1.807) is 53.8 Å². The number of benzene rings is 1. The molecule has 6 rings (SSSR count). The lowest BCUT2D eigenvalue weighted by molar-refractivity contribution is -0.119. The number of hydrogen-bond donors (Lipinski definition) is 1. The Morgan fingerprint density at radius 2 is 2.06 bits per heavy atom. The number of rotatable bonds is 4. The van der Waals surface area contributed by atoms with Crippen LogP contribution in [-0.2, 0) is 16.8 Å². The van der Waals surface area contributed by atoms with Crippen molar-refractivity contribution in [3.63, 3.8) is 0 Å². The Hall–Kier alpha value is -4.12. The molecule has 5 heterocycles. The highest BCUT2D eigenvalue weighted by Crippen LogP contribution is 2.42. The molecule has 0 fully saturated rings. The fourth-order valence-corrected chi connectivity index (χ4v) is 4.71. The summed E-state index contributed by atoms with van der Waals surface area (Å²) in [6.07, 6.45) is 3.28. The molecule has 1 amide bonds. The lowest BCUT2D eigenvalue weighted by Crippen LogP contribution is -2.32. The van der Waals surface area contributed by atoms with Gasteiger partial charge in [-0.15, -0.1) is 21.5 Å². The number of carbonyl (C=O) groups is 1. The molecule has 0 saturated heterocycles. The molecule has 1 aliphatic rings. The summed E-state index contributed by atoms with van der Waals surface area (Å²) < 4.78 is 15.9. The van der Waals surface area contributed by atoms with E-state index >= 15 is 0 Å². The normalized spacial score (nSPS) is 17.3. The van der Waals surface area contributed by atoms with E-state index in [4.69, 9.17) is 0 Å². The molecule has 0 bridgehead atoms. The summed E-state index contributed by atoms with van der Waals surface area (Å²) in [6.45, 7) is 1.98. The predicted octanol–water partition coefficient (Wildman–Crippen LogP) is 3.19. The monoisotopic (exact) mass is 458 g/mol. The minimum absolute atomic E-state index is 0.205. The first-order chi connectivity index (χ1) is 16.1. The Balaban J connectivity index is 1.46. The van der Waals surface area contributed by atoms with Crippen LogP contribution < -0.4 is 5.32 Å². The van der Waals surface area contributed by atoms with Crippen LogP contribution in [0.4, 0.5) is 10.2 Å². The minimum Gasteiger partial charge on any atom is -0.309 e. The van der Waals surface area contributed by atoms with Crippen LogP contribution in [0, 0.1) is 5.82 Å². The highest BCUT2D eigenvalue weighted by molar-refractivity contribution is 7.09. The molecule has 9 nitrogen and oxygen atoms in total. The predicted molar refractivity (Wildman–Crippen MR) is 119 cm³/mol. The third-order valence-corrected chi connectivity index (χ3v) is 6.71. The van der Waals surface area contributed by atoms with Crippen LogP contribution in [-0.4, -0.2) is 40.8 Å². The second-order valence-corrected chi connectivity index (χ2v) is 8.58. The lowest BCUT2D eigenvalue weighted by atomic mass is 9.86. The van der Waals surface area contributed by atoms with E-state index in [2.05, 4.69) is 35.6 Å². The molecule has 0 spiro atoms. The molecule has 1 aliphatic heterocycles. The molecular weight excluding hydrogens is 443 g/mol. The molecule has 1 N–H and O–H groups in total. The summed E-state index contributed by atoms with van der Waals surface area (Å²) in [4.78, 5) is 26.4. The highest BCUT2D eigenvalue weighted by atomic mass is 32.1. The molecule has 1 unspecified atom stereocenters. The van der Waals surface area contributed by atoms with Crippen LogP contribution in [0.15, 0.2) is 54.3 Å². The summed E-state index contributed by atoms with van der Waals surface area (Å²) in [5, 5.41) is 16.7. The Morgan fingerprint density at radius 1 is 1.18 bits per heavy atom. The van der Waals surface area contributed by atoms with Crippen LogP contribution in [0.1, 0.15) is 23.1 Å². The fraction of sp³-hybridized carbons (Fsp3) is 0.136. The molecule has 1 atom stereocenters. The topological polar surface area (TPSA) is 111 Å². The average Bonchev–Trinajstić information content (AvgIpc) is 3.54. The van der Waals surface area contributed by atoms with Crippen molar-refractivity contribution in [3.8, 4) is 11.5 Å². The Bertz CT molecular complexity index is 1530. The molecule has 1 aromatic carbocycles. The third-order valence-electron chi connectivity index (χ3n) is 5.80. The molecule has 0 aliphatic carbocycles. The smallest absolute Gasteiger partial charge is 0.243 e. The minimum atomic E-state index is -1.01. The van der Waals surface area contributed by atoms with Gasteiger partial charge in [-0.2, -0.15) is 5.10 Å². The van der Waals surface area contributed by atoms with Crippen molar-refractivity contribution in [3.05, 3.63) is 76.3 Å². The number of halogens is 1. The second kappa shape index (κ2) is 7.20. The van der Waals surface area contributed by atoms with Crippen molar-refractivity contribution in [2.75, 3.05) is 5.32 Å². The van der Waals surface area contributed by atoms with Crippen molar-refractivity contribution in [2.45, 2.75) is 18.9 Å². The zero-order valence-corrected chi connectivity index (χ0v) is 18.0. The number of nitrogens with zero attached hydrogens (tertiary/aromatic N) is 7. The van der Waals surface area contributed by atoms with Gasteiger partial charge in [-0.25, -0.2) is 24.0 Å². The van der Waals surface area contributed by atoms with Crippen molar-refractivity contribution in [1.82, 2.24) is 34.9 Å². The fourth-order valence-electron chi connectivity index (χ4n) is 3.99. The highest BCUT2D eigenvalue weighted by Gasteiger charge is 2.48. The van der Waals surface area contributed by atoms with Gasteiger partial charge in [-0.3, -0.25) is 4.79 Å². The summed E-state index contributed by atoms with van der Waals surface area (Å²) in [5.74, 6) is 0.188. The quantitative estimate of drug-likeness (QED) is 0.440. The van der Waals surface area contributed by atoms with Crippen LogP contribution >= 0.6 is 11.3 Å². The van der Waals surface area contributed by atoms with Crippen LogP contribution in [0.3, 0.4) is 0 Å². The van der Waals surface area contributed by atoms with Gasteiger partial charge in [0.05, 0.1) is 11.9 Å². The van der Waals surface area contributed by atoms with Gasteiger partial charge >= 0.3 is 0 Å². The molecular formula is C22H15FN8OS. The first-order valence-electron chi connectivity index (χ1n) is 10.1. The molecule has 33 heavy (non-hydrogen) atoms. The summed E-state index contributed by atoms with van der Waals surface area (Å²) in [5.41, 5.74) is 2.78. The van der Waals surface area contributed by atoms with Gasteiger partial charge in [0.15, 0.2) is 11.5 Å². The summed E-state index contributed by atoms with van der Waals surface area (Å²) in [6, 6.07) is 10.2. The van der Waals surface area contributed by atoms with E-state index in [1.165, 1.54) is 17.4 Å². The van der Waals surface area contributed by atoms with Gasteiger partial charge in [0.25, 0.3) is 0 Å². The van der Waals surface area contributed by atoms with Gasteiger partial charge in [0.2, 0.25) is 5.91 Å². The van der Waals surface area contributed by atoms with Crippen LogP contribution in [0.2, 0.25) is 0 Å². The van der Waals surface area contributed by atoms with E-state index in [0.29, 0.717) is 39.1 Å². The number of nitrogens with one attached hydrogen (secondary N) is 1. The van der Waals surface area contributed by atoms with E-state index < -0.39 is 5.41 Å². The first kappa shape index (κ1) is 19.6. The van der Waals surface area contributed by atoms with Crippen molar-refractivity contribution >= 4 is 34.1 Å². The maximum atomic E-state index is 14.2. The number of fused-ring (bicyclic) bond motifs is 2. The van der Waals surface area contributed by atoms with Gasteiger partial charge in [0, 0.05) is 23.5 Å². The number of amides is 1. The van der Waals surface area contributed by atoms with Crippen molar-refractivity contribution in [1.29, 1.82) is 0 Å². The molecule has 0 radical (unpaired) electrons. The Kier molecular flexibility index (Phi) is 4.27. The molecule has 5 aromatic rings. The number of hydrogen-bond acceptors (Lipinski definition) is 8. The SMILES string of the molecule is CC1(c2nncs2)C(=O)Nc2nc(-c3nn(Cc4ccccc4F)c4ncccc34)ncc21. The number of aromatic nitrogens is 7. The van der Waals surface area contributed by atoms with Gasteiger partial charge < -0.3 is 5.32 Å². The maximum Gasteiger partial charge on any atom is 0.243 e. The molecule has 0 saturated carbocycles. The third kappa shape index (κ3) is 2.93. The summed E-state index contributed by atoms with van der Waals surface area (Å²) >= 11 is 1.30. The van der Waals surface area contributed by atoms with E-state index in [-0.39, 0.29) is 18.3 Å². The second-order valence-electron chi connectivity index (χ2n) is 7.75. The maximum absolute atomic E-state index is 14.2. The molecule has 162 valence electrons. The number of anilines is 1. The van der Waals surface area contributed by atoms with Gasteiger partial charge in [-0.1, -0.05) is 18.2 Å². The lowest BCUT2D eigenvalue weighted by Gasteiger charge is -2.17. The Morgan fingerprint density at radius 3 is 2.88 bits per heavy atom. The zero-order chi connectivity index (χ0) is 22.6. The Labute approximate surface area is 190 Å². The van der Waals surface area contributed by atoms with E-state index in [9.17, 15) is 9.18 Å². The zero-order valence-electron chi connectivity index (χ0n) is 17.2. The largest absolute Gasteiger partial charge is 0.309 e. The van der Waals surface area contributed by atoms with E-state index in [0.717, 1.165) is 5.39 Å². The van der Waals surface area contributed by atoms with Gasteiger partial charge in [0.1, 0.15) is 33.3 Å². The first-order valence-corrected chi connectivity index (χ1v) is 10.9. The van der Waals surface area contributed by atoms with Crippen LogP contribution in [0.25, 0.3) is 22.6 Å². The van der Waals surface area contributed by atoms with E-state index in [1.807, 2.05) is 6.07 Å². The van der Waals surface area contributed by atoms with Crippen molar-refractivity contribution < 1.29 is 9.18 Å². The summed E-state index contributed by atoms with van der Waals surface area (Å²) in [7, 11) is 0. The van der Waals surface area contributed by atoms with Crippen molar-refractivity contribution in [2.24, 2.45) is 0 Å². The molecule has 11 heteroatoms. The molecule has 4 aromatic heterocycles. The van der Waals surface area contributed by atoms with Crippen LogP contribution in [0.5, 0.6) is 0 Å². The average molecular weight is 458 g/mol. The number of pyridine rings is 1. The standard InChI is InChI=1S/C22H15FN8OS/c1-22(21-29-26-11-33-21)14-9-25-18(27-17(14)28-20(22)32)16-13-6-4-8-24-19(13)31(30-16)10-12-5-2-3-7-15(12)23/h2-9,11H,10H2,1H3,(H,25,27,28,32).